The summed E-state index contributed by atoms with van der Waals surface area (Å²) in [4.78, 5) is 0. The first kappa shape index (κ1) is 36.0. The molecule has 0 aliphatic rings. The third kappa shape index (κ3) is 784. The van der Waals surface area contributed by atoms with E-state index < -0.39 is 0 Å². The van der Waals surface area contributed by atoms with Gasteiger partial charge in [-0.05, 0) is 0 Å². The summed E-state index contributed by atoms with van der Waals surface area (Å²) in [5.41, 5.74) is 0. The second-order valence-corrected chi connectivity index (χ2v) is 2.71. The highest BCUT2D eigenvalue weighted by atomic mass is 13.6. The van der Waals surface area contributed by atoms with Crippen LogP contribution in [0.2, 0.25) is 0 Å². The molecule has 114 valence electrons. The zero-order chi connectivity index (χ0) is 15.5. The first-order valence-electron chi connectivity index (χ1n) is 8.24. The van der Waals surface area contributed by atoms with E-state index in [0.717, 1.165) is 0 Å². The average Bonchev–Trinajstić information content (AvgIpc) is 2.46. The molecule has 0 aromatic rings. The van der Waals surface area contributed by atoms with Crippen LogP contribution in [0, 0.1) is 0 Å². The molecule has 0 aromatic heterocycles. The lowest BCUT2D eigenvalue weighted by atomic mass is 10.4. The van der Waals surface area contributed by atoms with E-state index in [9.17, 15) is 0 Å². The Bertz CT molecular complexity index is 15.2. The van der Waals surface area contributed by atoms with Crippen molar-refractivity contribution in [3.63, 3.8) is 0 Å². The smallest absolute Gasteiger partial charge is 0.0564 e. The van der Waals surface area contributed by atoms with Gasteiger partial charge in [-0.2, -0.15) is 0 Å². The highest BCUT2D eigenvalue weighted by molar-refractivity contribution is 4.13. The van der Waals surface area contributed by atoms with Crippen molar-refractivity contribution in [2.45, 2.75) is 115 Å². The fourth-order valence-corrected chi connectivity index (χ4v) is 0. The van der Waals surface area contributed by atoms with E-state index >= 15 is 0 Å². The van der Waals surface area contributed by atoms with Gasteiger partial charge >= 0.3 is 0 Å². The Hall–Kier alpha value is 0. The topological polar surface area (TPSA) is 0 Å². The standard InChI is InChI=1S/2C4H10.C3H8.3C2H6/c2*1-3-4-2;1-3-2;3*1-2/h2*3-4H2,1-2H3;3H2,1-2H3;3*1-2H3. The predicted molar refractivity (Wildman–Crippen MR) is 91.2 cm³/mol. The summed E-state index contributed by atoms with van der Waals surface area (Å²) in [7, 11) is 0. The Balaban J connectivity index is -0.0000000221. The second-order valence-electron chi connectivity index (χ2n) is 2.71. The van der Waals surface area contributed by atoms with Gasteiger partial charge in [-0.1, -0.05) is 115 Å². The van der Waals surface area contributed by atoms with Gasteiger partial charge in [0.05, 0.1) is 0 Å². The minimum absolute atomic E-state index is 1.25. The average molecular weight is 251 g/mol. The van der Waals surface area contributed by atoms with Crippen molar-refractivity contribution in [1.82, 2.24) is 0 Å². The first-order chi connectivity index (χ1) is 8.24. The van der Waals surface area contributed by atoms with Gasteiger partial charge in [0.1, 0.15) is 0 Å². The van der Waals surface area contributed by atoms with E-state index in [-0.39, 0.29) is 0 Å². The maximum Gasteiger partial charge on any atom is -0.0564 e. The van der Waals surface area contributed by atoms with Crippen LogP contribution in [-0.4, -0.2) is 0 Å². The largest absolute Gasteiger partial charge is 0.0683 e. The van der Waals surface area contributed by atoms with Crippen molar-refractivity contribution >= 4 is 0 Å². The normalized spacial score (nSPS) is 5.65. The van der Waals surface area contributed by atoms with Crippen molar-refractivity contribution in [2.24, 2.45) is 0 Å². The van der Waals surface area contributed by atoms with Gasteiger partial charge in [0.25, 0.3) is 0 Å². The molecule has 17 heavy (non-hydrogen) atoms. The summed E-state index contributed by atoms with van der Waals surface area (Å²) in [6.07, 6.45) is 6.53. The minimum atomic E-state index is 1.25. The van der Waals surface area contributed by atoms with Crippen molar-refractivity contribution in [1.29, 1.82) is 0 Å². The van der Waals surface area contributed by atoms with Gasteiger partial charge < -0.3 is 0 Å². The predicted octanol–water partition coefficient (Wildman–Crippen LogP) is 8.11. The number of hydrogen-bond acceptors (Lipinski definition) is 0. The molecule has 0 aliphatic heterocycles. The SMILES string of the molecule is CC.CC.CC.CCC.CCCC.CCCC. The van der Waals surface area contributed by atoms with Crippen LogP contribution >= 0.6 is 0 Å². The molecule has 0 bridgehead atoms. The number of unbranched alkanes of at least 4 members (excludes halogenated alkanes) is 2. The fourth-order valence-electron chi connectivity index (χ4n) is 0. The van der Waals surface area contributed by atoms with E-state index in [2.05, 4.69) is 41.5 Å². The Morgan fingerprint density at radius 2 is 0.412 bits per heavy atom. The van der Waals surface area contributed by atoms with Gasteiger partial charge in [0.2, 0.25) is 0 Å². The molecule has 0 N–H and O–H groups in total. The second kappa shape index (κ2) is 144. The molecule has 0 aromatic carbocycles. The maximum absolute atomic E-state index is 2.18. The van der Waals surface area contributed by atoms with E-state index in [1.165, 1.54) is 32.1 Å². The van der Waals surface area contributed by atoms with Gasteiger partial charge in [-0.3, -0.25) is 0 Å². The van der Waals surface area contributed by atoms with Gasteiger partial charge in [-0.15, -0.1) is 0 Å². The van der Waals surface area contributed by atoms with E-state index in [1.54, 1.807) is 0 Å². The van der Waals surface area contributed by atoms with Crippen LogP contribution in [0.4, 0.5) is 0 Å². The summed E-state index contributed by atoms with van der Waals surface area (Å²) in [5, 5.41) is 0. The van der Waals surface area contributed by atoms with Crippen LogP contribution in [-0.2, 0) is 0 Å². The third-order valence-electron chi connectivity index (χ3n) is 1.000. The molecule has 0 saturated heterocycles. The zero-order valence-electron chi connectivity index (χ0n) is 15.5. The van der Waals surface area contributed by atoms with Crippen LogP contribution in [0.3, 0.4) is 0 Å². The monoisotopic (exact) mass is 250 g/mol. The van der Waals surface area contributed by atoms with Crippen LogP contribution in [0.1, 0.15) is 115 Å². The Kier molecular flexibility index (Phi) is 305. The molecule has 0 heterocycles. The van der Waals surface area contributed by atoms with Crippen molar-refractivity contribution in [3.8, 4) is 0 Å². The van der Waals surface area contributed by atoms with Crippen LogP contribution < -0.4 is 0 Å². The van der Waals surface area contributed by atoms with E-state index in [4.69, 9.17) is 0 Å². The highest BCUT2D eigenvalue weighted by Crippen LogP contribution is 1.77. The third-order valence-corrected chi connectivity index (χ3v) is 1.000. The molecule has 0 aliphatic carbocycles. The van der Waals surface area contributed by atoms with Crippen LogP contribution in [0.5, 0.6) is 0 Å². The van der Waals surface area contributed by atoms with Crippen LogP contribution in [0.15, 0.2) is 0 Å². The summed E-state index contributed by atoms with van der Waals surface area (Å²) in [6, 6.07) is 0. The molecular formula is C17H46. The summed E-state index contributed by atoms with van der Waals surface area (Å²) < 4.78 is 0. The Morgan fingerprint density at radius 3 is 0.412 bits per heavy atom. The lowest BCUT2D eigenvalue weighted by Crippen LogP contribution is -1.47. The summed E-state index contributed by atoms with van der Waals surface area (Å²) >= 11 is 0. The first-order valence-corrected chi connectivity index (χ1v) is 8.24. The minimum Gasteiger partial charge on any atom is -0.0683 e. The highest BCUT2D eigenvalue weighted by Gasteiger charge is 1.56. The lowest BCUT2D eigenvalue weighted by Gasteiger charge is -1.68. The summed E-state index contributed by atoms with van der Waals surface area (Å²) in [6.45, 7) is 25.0. The molecule has 0 nitrogen and oxygen atoms in total. The zero-order valence-corrected chi connectivity index (χ0v) is 15.5. The van der Waals surface area contributed by atoms with Crippen molar-refractivity contribution in [2.75, 3.05) is 0 Å². The van der Waals surface area contributed by atoms with E-state index in [0.29, 0.717) is 0 Å². The lowest BCUT2D eigenvalue weighted by molar-refractivity contribution is 0.886. The van der Waals surface area contributed by atoms with Gasteiger partial charge in [0.15, 0.2) is 0 Å². The molecule has 0 spiro atoms. The van der Waals surface area contributed by atoms with Crippen molar-refractivity contribution in [3.05, 3.63) is 0 Å². The van der Waals surface area contributed by atoms with Gasteiger partial charge in [-0.25, -0.2) is 0 Å². The Morgan fingerprint density at radius 1 is 0.353 bits per heavy atom. The van der Waals surface area contributed by atoms with Gasteiger partial charge in [0, 0.05) is 0 Å². The fraction of sp³-hybridized carbons (Fsp3) is 1.00. The molecule has 0 amide bonds. The molecule has 0 unspecified atom stereocenters. The van der Waals surface area contributed by atoms with E-state index in [1.807, 2.05) is 41.5 Å². The molecule has 0 heteroatoms. The Labute approximate surface area is 116 Å². The maximum atomic E-state index is 2.18. The number of hydrogen-bond donors (Lipinski definition) is 0. The van der Waals surface area contributed by atoms with Crippen molar-refractivity contribution < 1.29 is 0 Å². The number of rotatable bonds is 2. The molecule has 0 atom stereocenters. The molecule has 0 radical (unpaired) electrons. The molecule has 0 rings (SSSR count). The quantitative estimate of drug-likeness (QED) is 0.464. The molecule has 0 fully saturated rings. The summed E-state index contributed by atoms with van der Waals surface area (Å²) in [5.74, 6) is 0. The molecular weight excluding hydrogens is 204 g/mol. The van der Waals surface area contributed by atoms with Crippen LogP contribution in [0.25, 0.3) is 0 Å². The molecule has 0 saturated carbocycles.